The van der Waals surface area contributed by atoms with Crippen LogP contribution in [0, 0.1) is 13.8 Å². The van der Waals surface area contributed by atoms with E-state index in [4.69, 9.17) is 15.6 Å². The van der Waals surface area contributed by atoms with Crippen molar-refractivity contribution in [3.8, 4) is 5.75 Å². The number of aryl methyl sites for hydroxylation is 2. The Morgan fingerprint density at radius 3 is 2.62 bits per heavy atom. The first kappa shape index (κ1) is 13.0. The third-order valence-electron chi connectivity index (χ3n) is 2.62. The second-order valence-corrected chi connectivity index (χ2v) is 4.68. The molecule has 0 radical (unpaired) electrons. The summed E-state index contributed by atoms with van der Waals surface area (Å²) in [7, 11) is 0. The lowest BCUT2D eigenvalue weighted by Gasteiger charge is -2.21. The average Bonchev–Trinajstić information content (AvgIpc) is 2.21. The Morgan fingerprint density at radius 2 is 2.06 bits per heavy atom. The highest BCUT2D eigenvalue weighted by Gasteiger charge is 2.16. The molecule has 0 fully saturated rings. The lowest BCUT2D eigenvalue weighted by atomic mass is 10.0. The van der Waals surface area contributed by atoms with Crippen LogP contribution in [0.2, 0.25) is 0 Å². The minimum Gasteiger partial charge on any atom is -0.493 e. The van der Waals surface area contributed by atoms with Crippen LogP contribution in [0.4, 0.5) is 0 Å². The molecule has 1 rings (SSSR count). The predicted octanol–water partition coefficient (Wildman–Crippen LogP) is 1.78. The van der Waals surface area contributed by atoms with Gasteiger partial charge in [-0.1, -0.05) is 17.7 Å². The highest BCUT2D eigenvalue weighted by Crippen LogP contribution is 2.19. The highest BCUT2D eigenvalue weighted by molar-refractivity contribution is 5.35. The standard InChI is InChI=1S/C13H21NO2/c1-10-4-5-12(11(2)8-10)16-7-6-13(3,14)9-15/h4-5,8,15H,6-7,9,14H2,1-3H3. The van der Waals surface area contributed by atoms with E-state index in [-0.39, 0.29) is 6.61 Å². The monoisotopic (exact) mass is 223 g/mol. The molecule has 16 heavy (non-hydrogen) atoms. The maximum Gasteiger partial charge on any atom is 0.122 e. The van der Waals surface area contributed by atoms with Gasteiger partial charge in [-0.25, -0.2) is 0 Å². The molecule has 0 amide bonds. The molecule has 1 unspecified atom stereocenters. The molecule has 3 heteroatoms. The summed E-state index contributed by atoms with van der Waals surface area (Å²) in [4.78, 5) is 0. The highest BCUT2D eigenvalue weighted by atomic mass is 16.5. The first-order chi connectivity index (χ1) is 7.44. The zero-order valence-electron chi connectivity index (χ0n) is 10.3. The van der Waals surface area contributed by atoms with Gasteiger partial charge in [-0.15, -0.1) is 0 Å². The lowest BCUT2D eigenvalue weighted by Crippen LogP contribution is -2.41. The normalized spacial score (nSPS) is 14.6. The van der Waals surface area contributed by atoms with E-state index in [2.05, 4.69) is 13.0 Å². The van der Waals surface area contributed by atoms with Crippen molar-refractivity contribution in [1.29, 1.82) is 0 Å². The smallest absolute Gasteiger partial charge is 0.122 e. The van der Waals surface area contributed by atoms with Gasteiger partial charge in [0.2, 0.25) is 0 Å². The van der Waals surface area contributed by atoms with Crippen molar-refractivity contribution >= 4 is 0 Å². The largest absolute Gasteiger partial charge is 0.493 e. The van der Waals surface area contributed by atoms with Crippen LogP contribution in [0.25, 0.3) is 0 Å². The Morgan fingerprint density at radius 1 is 1.38 bits per heavy atom. The summed E-state index contributed by atoms with van der Waals surface area (Å²) in [6.45, 7) is 6.40. The quantitative estimate of drug-likeness (QED) is 0.800. The molecule has 0 spiro atoms. The molecule has 3 nitrogen and oxygen atoms in total. The summed E-state index contributed by atoms with van der Waals surface area (Å²) in [5.74, 6) is 0.888. The first-order valence-corrected chi connectivity index (χ1v) is 5.54. The third-order valence-corrected chi connectivity index (χ3v) is 2.62. The van der Waals surface area contributed by atoms with Gasteiger partial charge in [-0.3, -0.25) is 0 Å². The fourth-order valence-corrected chi connectivity index (χ4v) is 1.43. The number of hydrogen-bond donors (Lipinski definition) is 2. The van der Waals surface area contributed by atoms with E-state index in [1.54, 1.807) is 0 Å². The maximum absolute atomic E-state index is 9.00. The molecule has 0 saturated heterocycles. The summed E-state index contributed by atoms with van der Waals surface area (Å²) in [5.41, 5.74) is 7.61. The van der Waals surface area contributed by atoms with Gasteiger partial charge in [0.05, 0.1) is 13.2 Å². The molecule has 0 aliphatic heterocycles. The molecule has 0 aliphatic carbocycles. The molecule has 1 atom stereocenters. The van der Waals surface area contributed by atoms with Gasteiger partial charge >= 0.3 is 0 Å². The van der Waals surface area contributed by atoms with E-state index in [1.165, 1.54) is 5.56 Å². The molecule has 90 valence electrons. The van der Waals surface area contributed by atoms with Gasteiger partial charge in [0.1, 0.15) is 5.75 Å². The van der Waals surface area contributed by atoms with Crippen LogP contribution in [-0.4, -0.2) is 23.9 Å². The molecule has 0 aromatic heterocycles. The van der Waals surface area contributed by atoms with E-state index in [0.717, 1.165) is 11.3 Å². The second kappa shape index (κ2) is 5.32. The van der Waals surface area contributed by atoms with Gasteiger partial charge in [-0.05, 0) is 32.4 Å². The second-order valence-electron chi connectivity index (χ2n) is 4.68. The molecule has 0 bridgehead atoms. The molecular formula is C13H21NO2. The van der Waals surface area contributed by atoms with E-state index in [1.807, 2.05) is 26.0 Å². The molecule has 0 heterocycles. The minimum atomic E-state index is -0.557. The maximum atomic E-state index is 9.00. The van der Waals surface area contributed by atoms with Gasteiger partial charge in [0, 0.05) is 12.0 Å². The number of aliphatic hydroxyl groups excluding tert-OH is 1. The summed E-state index contributed by atoms with van der Waals surface area (Å²) in [6.07, 6.45) is 0.636. The Labute approximate surface area is 97.2 Å². The van der Waals surface area contributed by atoms with Gasteiger partial charge in [0.25, 0.3) is 0 Å². The summed E-state index contributed by atoms with van der Waals surface area (Å²) < 4.78 is 5.64. The van der Waals surface area contributed by atoms with Crippen molar-refractivity contribution in [3.05, 3.63) is 29.3 Å². The molecule has 1 aromatic rings. The summed E-state index contributed by atoms with van der Waals surface area (Å²) in [5, 5.41) is 9.00. The molecule has 0 aliphatic rings. The zero-order valence-corrected chi connectivity index (χ0v) is 10.3. The zero-order chi connectivity index (χ0) is 12.2. The van der Waals surface area contributed by atoms with Crippen molar-refractivity contribution in [1.82, 2.24) is 0 Å². The van der Waals surface area contributed by atoms with Gasteiger partial charge in [-0.2, -0.15) is 0 Å². The Kier molecular flexibility index (Phi) is 4.33. The van der Waals surface area contributed by atoms with Gasteiger partial charge < -0.3 is 15.6 Å². The van der Waals surface area contributed by atoms with Gasteiger partial charge in [0.15, 0.2) is 0 Å². The van der Waals surface area contributed by atoms with Crippen LogP contribution in [0.5, 0.6) is 5.75 Å². The van der Waals surface area contributed by atoms with Crippen molar-refractivity contribution in [2.75, 3.05) is 13.2 Å². The predicted molar refractivity (Wildman–Crippen MR) is 65.7 cm³/mol. The number of aliphatic hydroxyl groups is 1. The third kappa shape index (κ3) is 3.83. The van der Waals surface area contributed by atoms with Crippen molar-refractivity contribution < 1.29 is 9.84 Å². The van der Waals surface area contributed by atoms with Crippen LogP contribution >= 0.6 is 0 Å². The van der Waals surface area contributed by atoms with E-state index < -0.39 is 5.54 Å². The average molecular weight is 223 g/mol. The number of nitrogens with two attached hydrogens (primary N) is 1. The number of ether oxygens (including phenoxy) is 1. The molecule has 1 aromatic carbocycles. The van der Waals surface area contributed by atoms with Crippen LogP contribution in [-0.2, 0) is 0 Å². The Balaban J connectivity index is 2.49. The summed E-state index contributed by atoms with van der Waals surface area (Å²) >= 11 is 0. The fourth-order valence-electron chi connectivity index (χ4n) is 1.43. The minimum absolute atomic E-state index is 0.0246. The molecule has 3 N–H and O–H groups in total. The van der Waals surface area contributed by atoms with Crippen LogP contribution < -0.4 is 10.5 Å². The van der Waals surface area contributed by atoms with E-state index in [0.29, 0.717) is 13.0 Å². The molecule has 0 saturated carbocycles. The van der Waals surface area contributed by atoms with Crippen molar-refractivity contribution in [2.24, 2.45) is 5.73 Å². The topological polar surface area (TPSA) is 55.5 Å². The van der Waals surface area contributed by atoms with Crippen molar-refractivity contribution in [2.45, 2.75) is 32.7 Å². The molecular weight excluding hydrogens is 202 g/mol. The number of hydrogen-bond acceptors (Lipinski definition) is 3. The summed E-state index contributed by atoms with van der Waals surface area (Å²) in [6, 6.07) is 6.08. The Hall–Kier alpha value is -1.06. The van der Waals surface area contributed by atoms with E-state index in [9.17, 15) is 0 Å². The van der Waals surface area contributed by atoms with Crippen LogP contribution in [0.1, 0.15) is 24.5 Å². The lowest BCUT2D eigenvalue weighted by molar-refractivity contribution is 0.174. The Bertz CT molecular complexity index is 348. The van der Waals surface area contributed by atoms with Crippen LogP contribution in [0.3, 0.4) is 0 Å². The fraction of sp³-hybridized carbons (Fsp3) is 0.538. The first-order valence-electron chi connectivity index (χ1n) is 5.54. The SMILES string of the molecule is Cc1ccc(OCCC(C)(N)CO)c(C)c1. The van der Waals surface area contributed by atoms with Crippen molar-refractivity contribution in [3.63, 3.8) is 0 Å². The number of benzene rings is 1. The number of rotatable bonds is 5. The van der Waals surface area contributed by atoms with E-state index >= 15 is 0 Å². The van der Waals surface area contributed by atoms with Crippen LogP contribution in [0.15, 0.2) is 18.2 Å².